The molecule has 5 aromatic rings. The summed E-state index contributed by atoms with van der Waals surface area (Å²) in [7, 11) is 1.85. The largest absolute Gasteiger partial charge is 0.484 e. The van der Waals surface area contributed by atoms with E-state index < -0.39 is 0 Å². The fraction of sp³-hybridized carbons (Fsp3) is 0.321. The van der Waals surface area contributed by atoms with Gasteiger partial charge in [0.05, 0.1) is 30.3 Å². The van der Waals surface area contributed by atoms with Gasteiger partial charge in [-0.2, -0.15) is 10.2 Å². The fourth-order valence-corrected chi connectivity index (χ4v) is 4.93. The molecule has 0 spiro atoms. The summed E-state index contributed by atoms with van der Waals surface area (Å²) in [5, 5.41) is 23.2. The van der Waals surface area contributed by atoms with E-state index in [1.54, 1.807) is 21.9 Å². The van der Waals surface area contributed by atoms with Crippen molar-refractivity contribution in [2.75, 3.05) is 5.32 Å². The van der Waals surface area contributed by atoms with Crippen LogP contribution in [0.3, 0.4) is 0 Å². The monoisotopic (exact) mass is 525 g/mol. The number of carbonyl (C=O) groups is 1. The lowest BCUT2D eigenvalue weighted by Gasteiger charge is -2.32. The van der Waals surface area contributed by atoms with Gasteiger partial charge < -0.3 is 10.1 Å². The molecule has 4 heterocycles. The van der Waals surface area contributed by atoms with Gasteiger partial charge in [0.1, 0.15) is 29.7 Å². The smallest absolute Gasteiger partial charge is 0.320 e. The van der Waals surface area contributed by atoms with Crippen LogP contribution in [0.2, 0.25) is 0 Å². The summed E-state index contributed by atoms with van der Waals surface area (Å²) in [5.74, 6) is 1.32. The van der Waals surface area contributed by atoms with Gasteiger partial charge in [0.15, 0.2) is 5.65 Å². The van der Waals surface area contributed by atoms with Crippen molar-refractivity contribution in [1.29, 1.82) is 0 Å². The molecule has 0 radical (unpaired) electrons. The quantitative estimate of drug-likeness (QED) is 0.343. The first-order chi connectivity index (χ1) is 18.7. The average molecular weight is 526 g/mol. The van der Waals surface area contributed by atoms with Crippen molar-refractivity contribution in [3.63, 3.8) is 0 Å². The third-order valence-electron chi connectivity index (χ3n) is 6.94. The summed E-state index contributed by atoms with van der Waals surface area (Å²) in [6.45, 7) is 6.28. The maximum Gasteiger partial charge on any atom is 0.320 e. The first-order valence-electron chi connectivity index (χ1n) is 13.0. The molecule has 6 rings (SSSR count). The molecule has 0 fully saturated rings. The van der Waals surface area contributed by atoms with E-state index in [0.717, 1.165) is 46.7 Å². The van der Waals surface area contributed by atoms with Gasteiger partial charge in [0.2, 0.25) is 0 Å². The Morgan fingerprint density at radius 3 is 2.67 bits per heavy atom. The Hall–Kier alpha value is -4.67. The molecular formula is C28H31N9O2. The lowest BCUT2D eigenvalue weighted by Crippen LogP contribution is -2.36. The van der Waals surface area contributed by atoms with Gasteiger partial charge in [-0.1, -0.05) is 45.0 Å². The Balaban J connectivity index is 1.20. The zero-order valence-corrected chi connectivity index (χ0v) is 22.4. The van der Waals surface area contributed by atoms with Crippen LogP contribution in [-0.4, -0.2) is 40.2 Å². The zero-order valence-electron chi connectivity index (χ0n) is 22.4. The Morgan fingerprint density at radius 1 is 1.08 bits per heavy atom. The number of hydrogen-bond acceptors (Lipinski definition) is 6. The third-order valence-corrected chi connectivity index (χ3v) is 6.94. The molecule has 0 saturated carbocycles. The molecule has 4 aromatic heterocycles. The van der Waals surface area contributed by atoms with Crippen LogP contribution >= 0.6 is 0 Å². The summed E-state index contributed by atoms with van der Waals surface area (Å²) in [4.78, 5) is 13.3. The van der Waals surface area contributed by atoms with E-state index in [9.17, 15) is 4.79 Å². The highest BCUT2D eigenvalue weighted by molar-refractivity contribution is 5.89. The van der Waals surface area contributed by atoms with Crippen molar-refractivity contribution in [2.45, 2.75) is 51.2 Å². The first-order valence-corrected chi connectivity index (χ1v) is 13.0. The number of pyridine rings is 1. The fourth-order valence-electron chi connectivity index (χ4n) is 4.93. The van der Waals surface area contributed by atoms with Crippen molar-refractivity contribution >= 4 is 17.5 Å². The minimum Gasteiger partial charge on any atom is -0.484 e. The van der Waals surface area contributed by atoms with Crippen LogP contribution < -0.4 is 15.4 Å². The average Bonchev–Trinajstić information content (AvgIpc) is 3.64. The molecule has 2 N–H and O–H groups in total. The molecule has 0 aliphatic heterocycles. The number of urea groups is 1. The number of rotatable bonds is 5. The SMILES string of the molecule is Cn1cc(-n2nc(C(C)(C)C)cc2NC(=O)N[C@H]2CC[C@@H](Oc3ccc4nncn4c3)c3ccccc32)cn1. The number of fused-ring (bicyclic) bond motifs is 2. The molecule has 1 aliphatic carbocycles. The molecule has 0 saturated heterocycles. The highest BCUT2D eigenvalue weighted by Gasteiger charge is 2.30. The number of benzene rings is 1. The Morgan fingerprint density at radius 2 is 1.90 bits per heavy atom. The van der Waals surface area contributed by atoms with E-state index >= 15 is 0 Å². The van der Waals surface area contributed by atoms with E-state index in [4.69, 9.17) is 9.84 Å². The van der Waals surface area contributed by atoms with Crippen molar-refractivity contribution < 1.29 is 9.53 Å². The number of nitrogens with zero attached hydrogens (tertiary/aromatic N) is 7. The van der Waals surface area contributed by atoms with Crippen LogP contribution in [0.5, 0.6) is 5.75 Å². The van der Waals surface area contributed by atoms with Crippen molar-refractivity contribution in [3.05, 3.63) is 84.2 Å². The van der Waals surface area contributed by atoms with Crippen molar-refractivity contribution in [2.24, 2.45) is 7.05 Å². The van der Waals surface area contributed by atoms with Crippen LogP contribution in [0, 0.1) is 0 Å². The van der Waals surface area contributed by atoms with Crippen LogP contribution in [-0.2, 0) is 12.5 Å². The second-order valence-corrected chi connectivity index (χ2v) is 10.9. The maximum absolute atomic E-state index is 13.3. The van der Waals surface area contributed by atoms with Crippen LogP contribution in [0.4, 0.5) is 10.6 Å². The minimum absolute atomic E-state index is 0.127. The van der Waals surface area contributed by atoms with Gasteiger partial charge in [-0.25, -0.2) is 9.48 Å². The third kappa shape index (κ3) is 4.95. The summed E-state index contributed by atoms with van der Waals surface area (Å²) in [5.41, 5.74) is 4.33. The zero-order chi connectivity index (χ0) is 27.1. The predicted octanol–water partition coefficient (Wildman–Crippen LogP) is 4.72. The molecule has 39 heavy (non-hydrogen) atoms. The van der Waals surface area contributed by atoms with Crippen LogP contribution in [0.15, 0.2) is 67.4 Å². The molecule has 2 amide bonds. The summed E-state index contributed by atoms with van der Waals surface area (Å²) < 4.78 is 11.6. The van der Waals surface area contributed by atoms with Crippen molar-refractivity contribution in [1.82, 2.24) is 39.5 Å². The number of anilines is 1. The number of aryl methyl sites for hydroxylation is 1. The maximum atomic E-state index is 13.3. The normalized spacial score (nSPS) is 17.1. The molecule has 11 heteroatoms. The van der Waals surface area contributed by atoms with Gasteiger partial charge >= 0.3 is 6.03 Å². The lowest BCUT2D eigenvalue weighted by atomic mass is 9.85. The number of carbonyl (C=O) groups excluding carboxylic acids is 1. The summed E-state index contributed by atoms with van der Waals surface area (Å²) in [6, 6.07) is 13.4. The number of hydrogen-bond donors (Lipinski definition) is 2. The molecular weight excluding hydrogens is 494 g/mol. The van der Waals surface area contributed by atoms with Gasteiger partial charge in [-0.15, -0.1) is 10.2 Å². The first kappa shape index (κ1) is 24.7. The predicted molar refractivity (Wildman–Crippen MR) is 146 cm³/mol. The molecule has 1 aliphatic rings. The molecule has 11 nitrogen and oxygen atoms in total. The van der Waals surface area contributed by atoms with E-state index in [-0.39, 0.29) is 23.6 Å². The van der Waals surface area contributed by atoms with Gasteiger partial charge in [-0.05, 0) is 36.1 Å². The van der Waals surface area contributed by atoms with E-state index in [0.29, 0.717) is 5.82 Å². The van der Waals surface area contributed by atoms with E-state index in [1.165, 1.54) is 0 Å². The number of ether oxygens (including phenoxy) is 1. The second-order valence-electron chi connectivity index (χ2n) is 10.9. The van der Waals surface area contributed by atoms with E-state index in [2.05, 4.69) is 58.8 Å². The highest BCUT2D eigenvalue weighted by atomic mass is 16.5. The standard InChI is InChI=1S/C28H31N9O2/c1-28(2,3)24-13-26(37(34-24)18-14-30-35(4)15-18)32-27(38)31-22-10-11-23(21-8-6-5-7-20(21)22)39-19-9-12-25-33-29-17-36(25)16-19/h5-9,12-17,22-23H,10-11H2,1-4H3,(H2,31,32,38)/t22-,23+/m0/s1. The van der Waals surface area contributed by atoms with Crippen LogP contribution in [0.1, 0.15) is 62.6 Å². The minimum atomic E-state index is -0.294. The Kier molecular flexibility index (Phi) is 6.05. The Bertz CT molecular complexity index is 1640. The molecule has 200 valence electrons. The number of aromatic nitrogens is 7. The van der Waals surface area contributed by atoms with Gasteiger partial charge in [0, 0.05) is 18.5 Å². The van der Waals surface area contributed by atoms with Crippen LogP contribution in [0.25, 0.3) is 11.3 Å². The second kappa shape index (κ2) is 9.57. The number of nitrogens with one attached hydrogen (secondary N) is 2. The highest BCUT2D eigenvalue weighted by Crippen LogP contribution is 2.39. The lowest BCUT2D eigenvalue weighted by molar-refractivity contribution is 0.171. The Labute approximate surface area is 225 Å². The van der Waals surface area contributed by atoms with Gasteiger partial charge in [-0.3, -0.25) is 14.4 Å². The van der Waals surface area contributed by atoms with Gasteiger partial charge in [0.25, 0.3) is 0 Å². The van der Waals surface area contributed by atoms with E-state index in [1.807, 2.05) is 54.2 Å². The molecule has 0 bridgehead atoms. The molecule has 0 unspecified atom stereocenters. The van der Waals surface area contributed by atoms with Crippen molar-refractivity contribution in [3.8, 4) is 11.4 Å². The molecule has 1 aromatic carbocycles. The summed E-state index contributed by atoms with van der Waals surface area (Å²) in [6.07, 6.45) is 8.48. The number of amides is 2. The topological polar surface area (TPSA) is 116 Å². The summed E-state index contributed by atoms with van der Waals surface area (Å²) >= 11 is 0. The molecule has 2 atom stereocenters.